The fraction of sp³-hybridized carbons (Fsp3) is 0.278. The molecule has 25 heavy (non-hydrogen) atoms. The number of carboxylic acids is 1. The van der Waals surface area contributed by atoms with E-state index in [0.29, 0.717) is 24.3 Å². The predicted molar refractivity (Wildman–Crippen MR) is 89.9 cm³/mol. The molecule has 2 aromatic rings. The minimum absolute atomic E-state index is 0.114. The Kier molecular flexibility index (Phi) is 4.56. The van der Waals surface area contributed by atoms with Crippen LogP contribution >= 0.6 is 0 Å². The number of amides is 2. The molecule has 0 bridgehead atoms. The van der Waals surface area contributed by atoms with E-state index in [4.69, 9.17) is 9.52 Å². The molecule has 2 heterocycles. The molecule has 3 rings (SSSR count). The van der Waals surface area contributed by atoms with Gasteiger partial charge in [0.1, 0.15) is 0 Å². The third-order valence-corrected chi connectivity index (χ3v) is 4.17. The molecule has 0 aliphatic carbocycles. The van der Waals surface area contributed by atoms with Gasteiger partial charge in [-0.3, -0.25) is 9.59 Å². The topological polar surface area (TPSA) is 99.9 Å². The van der Waals surface area contributed by atoms with Gasteiger partial charge in [0.25, 0.3) is 11.8 Å². The van der Waals surface area contributed by atoms with Crippen LogP contribution in [0.4, 0.5) is 5.69 Å². The summed E-state index contributed by atoms with van der Waals surface area (Å²) in [4.78, 5) is 37.7. The average Bonchev–Trinajstić information content (AvgIpc) is 3.26. The van der Waals surface area contributed by atoms with Gasteiger partial charge >= 0.3 is 5.97 Å². The number of hydrogen-bond donors (Lipinski definition) is 2. The summed E-state index contributed by atoms with van der Waals surface area (Å²) in [5.41, 5.74) is 1.60. The summed E-state index contributed by atoms with van der Waals surface area (Å²) in [6, 6.07) is 7.71. The zero-order valence-corrected chi connectivity index (χ0v) is 13.7. The Morgan fingerprint density at radius 3 is 2.40 bits per heavy atom. The number of furan rings is 1. The molecule has 7 heteroatoms. The number of aryl methyl sites for hydroxylation is 1. The monoisotopic (exact) mass is 342 g/mol. The third-order valence-electron chi connectivity index (χ3n) is 4.17. The van der Waals surface area contributed by atoms with Crippen molar-refractivity contribution in [1.82, 2.24) is 4.90 Å². The van der Waals surface area contributed by atoms with Crippen LogP contribution < -0.4 is 5.32 Å². The van der Waals surface area contributed by atoms with Crippen LogP contribution in [0.2, 0.25) is 0 Å². The molecule has 1 aliphatic rings. The summed E-state index contributed by atoms with van der Waals surface area (Å²) in [5, 5.41) is 11.5. The normalized spacial score (nSPS) is 13.7. The Balaban J connectivity index is 1.86. The van der Waals surface area contributed by atoms with Gasteiger partial charge in [-0.25, -0.2) is 4.79 Å². The molecule has 0 unspecified atom stereocenters. The lowest BCUT2D eigenvalue weighted by molar-refractivity contribution is 0.0660. The summed E-state index contributed by atoms with van der Waals surface area (Å²) in [5.74, 6) is -2.41. The van der Waals surface area contributed by atoms with Crippen LogP contribution in [-0.2, 0) is 0 Å². The molecule has 1 fully saturated rings. The molecule has 1 aliphatic heterocycles. The van der Waals surface area contributed by atoms with Crippen molar-refractivity contribution in [3.63, 3.8) is 0 Å². The Morgan fingerprint density at radius 1 is 1.08 bits per heavy atom. The van der Waals surface area contributed by atoms with Gasteiger partial charge in [-0.2, -0.15) is 0 Å². The summed E-state index contributed by atoms with van der Waals surface area (Å²) < 4.78 is 5.00. The SMILES string of the molecule is Cc1cccc(NC(=O)c2ccc(C(=O)O)o2)c1C(=O)N1CCCC1. The second kappa shape index (κ2) is 6.80. The molecule has 1 saturated heterocycles. The maximum atomic E-state index is 12.8. The fourth-order valence-corrected chi connectivity index (χ4v) is 2.89. The standard InChI is InChI=1S/C18H18N2O5/c1-11-5-4-6-12(15(11)17(22)20-9-2-3-10-20)19-16(21)13-7-8-14(25-13)18(23)24/h4-8H,2-3,9-10H2,1H3,(H,19,21)(H,23,24). The molecule has 2 amide bonds. The van der Waals surface area contributed by atoms with Crippen molar-refractivity contribution in [1.29, 1.82) is 0 Å². The number of benzene rings is 1. The van der Waals surface area contributed by atoms with Crippen LogP contribution in [0.15, 0.2) is 34.7 Å². The smallest absolute Gasteiger partial charge is 0.371 e. The molecule has 1 aromatic heterocycles. The van der Waals surface area contributed by atoms with E-state index in [1.165, 1.54) is 12.1 Å². The van der Waals surface area contributed by atoms with E-state index >= 15 is 0 Å². The zero-order valence-electron chi connectivity index (χ0n) is 13.7. The zero-order chi connectivity index (χ0) is 18.0. The minimum atomic E-state index is -1.25. The van der Waals surface area contributed by atoms with Gasteiger partial charge in [0.15, 0.2) is 5.76 Å². The van der Waals surface area contributed by atoms with E-state index < -0.39 is 11.9 Å². The summed E-state index contributed by atoms with van der Waals surface area (Å²) in [7, 11) is 0. The van der Waals surface area contributed by atoms with Gasteiger partial charge in [-0.15, -0.1) is 0 Å². The number of nitrogens with zero attached hydrogens (tertiary/aromatic N) is 1. The predicted octanol–water partition coefficient (Wildman–Crippen LogP) is 2.77. The average molecular weight is 342 g/mol. The lowest BCUT2D eigenvalue weighted by Crippen LogP contribution is -2.29. The molecule has 0 atom stereocenters. The van der Waals surface area contributed by atoms with Crippen LogP contribution in [0.25, 0.3) is 0 Å². The molecule has 0 radical (unpaired) electrons. The van der Waals surface area contributed by atoms with Gasteiger partial charge in [0.2, 0.25) is 5.76 Å². The van der Waals surface area contributed by atoms with E-state index in [2.05, 4.69) is 5.32 Å². The molecular weight excluding hydrogens is 324 g/mol. The largest absolute Gasteiger partial charge is 0.475 e. The Hall–Kier alpha value is -3.09. The van der Waals surface area contributed by atoms with Gasteiger partial charge in [-0.05, 0) is 43.5 Å². The summed E-state index contributed by atoms with van der Waals surface area (Å²) in [6.45, 7) is 3.23. The van der Waals surface area contributed by atoms with E-state index in [-0.39, 0.29) is 17.4 Å². The van der Waals surface area contributed by atoms with Gasteiger partial charge < -0.3 is 19.7 Å². The second-order valence-corrected chi connectivity index (χ2v) is 5.92. The first kappa shape index (κ1) is 16.8. The molecule has 2 N–H and O–H groups in total. The second-order valence-electron chi connectivity index (χ2n) is 5.92. The van der Waals surface area contributed by atoms with Crippen LogP contribution in [0.5, 0.6) is 0 Å². The van der Waals surface area contributed by atoms with Crippen LogP contribution in [0.3, 0.4) is 0 Å². The van der Waals surface area contributed by atoms with Crippen molar-refractivity contribution in [2.75, 3.05) is 18.4 Å². The van der Waals surface area contributed by atoms with Crippen molar-refractivity contribution in [3.05, 3.63) is 53.0 Å². The van der Waals surface area contributed by atoms with Gasteiger partial charge in [0, 0.05) is 13.1 Å². The van der Waals surface area contributed by atoms with Crippen LogP contribution in [-0.4, -0.2) is 40.9 Å². The number of carbonyl (C=O) groups excluding carboxylic acids is 2. The summed E-state index contributed by atoms with van der Waals surface area (Å²) >= 11 is 0. The number of rotatable bonds is 4. The maximum Gasteiger partial charge on any atom is 0.371 e. The first-order valence-corrected chi connectivity index (χ1v) is 8.00. The molecule has 0 spiro atoms. The Labute approximate surface area is 144 Å². The van der Waals surface area contributed by atoms with Crippen molar-refractivity contribution >= 4 is 23.5 Å². The third kappa shape index (κ3) is 3.40. The fourth-order valence-electron chi connectivity index (χ4n) is 2.89. The van der Waals surface area contributed by atoms with Gasteiger partial charge in [0.05, 0.1) is 11.3 Å². The van der Waals surface area contributed by atoms with Crippen molar-refractivity contribution < 1.29 is 23.9 Å². The van der Waals surface area contributed by atoms with E-state index in [0.717, 1.165) is 18.4 Å². The molecule has 0 saturated carbocycles. The number of likely N-dealkylation sites (tertiary alicyclic amines) is 1. The van der Waals surface area contributed by atoms with Crippen molar-refractivity contribution in [2.24, 2.45) is 0 Å². The number of carboxylic acid groups (broad SMARTS) is 1. The first-order chi connectivity index (χ1) is 12.0. The Bertz CT molecular complexity index is 834. The van der Waals surface area contributed by atoms with E-state index in [1.807, 2.05) is 13.0 Å². The first-order valence-electron chi connectivity index (χ1n) is 8.00. The highest BCUT2D eigenvalue weighted by Gasteiger charge is 2.25. The quantitative estimate of drug-likeness (QED) is 0.890. The number of aromatic carboxylic acids is 1. The van der Waals surface area contributed by atoms with E-state index in [9.17, 15) is 14.4 Å². The number of hydrogen-bond acceptors (Lipinski definition) is 4. The Morgan fingerprint density at radius 2 is 1.76 bits per heavy atom. The molecule has 1 aromatic carbocycles. The number of carbonyl (C=O) groups is 3. The summed E-state index contributed by atoms with van der Waals surface area (Å²) in [6.07, 6.45) is 1.95. The van der Waals surface area contributed by atoms with Crippen LogP contribution in [0, 0.1) is 6.92 Å². The highest BCUT2D eigenvalue weighted by atomic mass is 16.4. The maximum absolute atomic E-state index is 12.8. The van der Waals surface area contributed by atoms with E-state index in [1.54, 1.807) is 17.0 Å². The van der Waals surface area contributed by atoms with Crippen molar-refractivity contribution in [2.45, 2.75) is 19.8 Å². The minimum Gasteiger partial charge on any atom is -0.475 e. The lowest BCUT2D eigenvalue weighted by atomic mass is 10.0. The number of anilines is 1. The molecule has 130 valence electrons. The highest BCUT2D eigenvalue weighted by Crippen LogP contribution is 2.24. The number of nitrogens with one attached hydrogen (secondary N) is 1. The van der Waals surface area contributed by atoms with Crippen molar-refractivity contribution in [3.8, 4) is 0 Å². The van der Waals surface area contributed by atoms with Gasteiger partial charge in [-0.1, -0.05) is 12.1 Å². The molecular formula is C18H18N2O5. The highest BCUT2D eigenvalue weighted by molar-refractivity contribution is 6.08. The lowest BCUT2D eigenvalue weighted by Gasteiger charge is -2.19. The molecule has 7 nitrogen and oxygen atoms in total. The van der Waals surface area contributed by atoms with Crippen LogP contribution in [0.1, 0.15) is 49.9 Å².